The first-order valence-corrected chi connectivity index (χ1v) is 9.58. The summed E-state index contributed by atoms with van der Waals surface area (Å²) in [6, 6.07) is 0. The third kappa shape index (κ3) is 11.4. The van der Waals surface area contributed by atoms with Crippen molar-refractivity contribution in [1.82, 2.24) is 5.32 Å². The predicted molar refractivity (Wildman–Crippen MR) is 104 cm³/mol. The number of carbonyl (C=O) groups excluding carboxylic acids is 1. The van der Waals surface area contributed by atoms with Gasteiger partial charge in [-0.15, -0.1) is 0 Å². The molecule has 1 amide bonds. The van der Waals surface area contributed by atoms with E-state index in [1.54, 1.807) is 6.92 Å². The molecule has 0 bridgehead atoms. The Bertz CT molecular complexity index is 447. The number of aliphatic hydroxyl groups is 1. The van der Waals surface area contributed by atoms with Gasteiger partial charge in [0.1, 0.15) is 13.1 Å². The SMILES string of the molecule is CCC(CC(C)C(=O)O)C(=O)NCCC[N+](C)(C)CC(O)C[N+](C)(C)C. The van der Waals surface area contributed by atoms with Gasteiger partial charge in [0, 0.05) is 18.9 Å². The van der Waals surface area contributed by atoms with Crippen LogP contribution in [0, 0.1) is 11.8 Å². The van der Waals surface area contributed by atoms with Gasteiger partial charge in [0.2, 0.25) is 5.91 Å². The Kier molecular flexibility index (Phi) is 10.4. The minimum absolute atomic E-state index is 0.0593. The molecular weight excluding hydrogens is 334 g/mol. The van der Waals surface area contributed by atoms with Crippen molar-refractivity contribution in [3.05, 3.63) is 0 Å². The average Bonchev–Trinajstić information content (AvgIpc) is 2.45. The summed E-state index contributed by atoms with van der Waals surface area (Å²) >= 11 is 0. The molecule has 0 rings (SSSR count). The van der Waals surface area contributed by atoms with E-state index in [-0.39, 0.29) is 17.9 Å². The number of carboxylic acids is 1. The van der Waals surface area contributed by atoms with Crippen LogP contribution in [0.3, 0.4) is 0 Å². The largest absolute Gasteiger partial charge is 0.481 e. The molecule has 0 aromatic carbocycles. The summed E-state index contributed by atoms with van der Waals surface area (Å²) < 4.78 is 1.43. The Morgan fingerprint density at radius 2 is 1.65 bits per heavy atom. The maximum atomic E-state index is 12.2. The summed E-state index contributed by atoms with van der Waals surface area (Å²) in [6.07, 6.45) is 1.47. The molecule has 3 atom stereocenters. The summed E-state index contributed by atoms with van der Waals surface area (Å²) in [5.41, 5.74) is 0. The van der Waals surface area contributed by atoms with Crippen LogP contribution in [0.1, 0.15) is 33.1 Å². The normalized spacial score (nSPS) is 16.0. The molecule has 3 unspecified atom stereocenters. The summed E-state index contributed by atoms with van der Waals surface area (Å²) in [6.45, 7) is 6.37. The van der Waals surface area contributed by atoms with Crippen LogP contribution in [0.4, 0.5) is 0 Å². The number of quaternary nitrogens is 2. The van der Waals surface area contributed by atoms with Crippen LogP contribution in [0.2, 0.25) is 0 Å². The first-order valence-electron chi connectivity index (χ1n) is 9.58. The average molecular weight is 376 g/mol. The highest BCUT2D eigenvalue weighted by molar-refractivity contribution is 5.79. The Balaban J connectivity index is 4.25. The Morgan fingerprint density at radius 3 is 2.12 bits per heavy atom. The van der Waals surface area contributed by atoms with Gasteiger partial charge >= 0.3 is 5.97 Å². The summed E-state index contributed by atoms with van der Waals surface area (Å²) in [5.74, 6) is -1.68. The van der Waals surface area contributed by atoms with E-state index in [0.29, 0.717) is 37.0 Å². The zero-order chi connectivity index (χ0) is 20.5. The van der Waals surface area contributed by atoms with Crippen molar-refractivity contribution in [2.75, 3.05) is 61.4 Å². The lowest BCUT2D eigenvalue weighted by Crippen LogP contribution is -2.51. The highest BCUT2D eigenvalue weighted by atomic mass is 16.4. The molecule has 0 aromatic heterocycles. The van der Waals surface area contributed by atoms with E-state index in [1.165, 1.54) is 0 Å². The van der Waals surface area contributed by atoms with Gasteiger partial charge in [-0.1, -0.05) is 13.8 Å². The number of rotatable bonds is 13. The number of aliphatic hydroxyl groups excluding tert-OH is 1. The number of hydrogen-bond donors (Lipinski definition) is 3. The van der Waals surface area contributed by atoms with E-state index in [2.05, 4.69) is 40.6 Å². The molecule has 0 spiro atoms. The molecule has 0 aromatic rings. The summed E-state index contributed by atoms with van der Waals surface area (Å²) in [4.78, 5) is 23.2. The molecule has 3 N–H and O–H groups in total. The van der Waals surface area contributed by atoms with E-state index >= 15 is 0 Å². The molecule has 0 aliphatic carbocycles. The molecule has 7 nitrogen and oxygen atoms in total. The predicted octanol–water partition coefficient (Wildman–Crippen LogP) is 0.773. The summed E-state index contributed by atoms with van der Waals surface area (Å²) in [5, 5.41) is 22.2. The van der Waals surface area contributed by atoms with E-state index in [1.807, 2.05) is 6.92 Å². The van der Waals surface area contributed by atoms with Crippen molar-refractivity contribution < 1.29 is 28.8 Å². The lowest BCUT2D eigenvalue weighted by Gasteiger charge is -2.34. The van der Waals surface area contributed by atoms with Gasteiger partial charge in [0.05, 0.1) is 47.7 Å². The smallest absolute Gasteiger partial charge is 0.306 e. The van der Waals surface area contributed by atoms with Crippen molar-refractivity contribution in [3.63, 3.8) is 0 Å². The molecule has 0 saturated heterocycles. The fourth-order valence-corrected chi connectivity index (χ4v) is 3.20. The van der Waals surface area contributed by atoms with E-state index in [4.69, 9.17) is 5.11 Å². The van der Waals surface area contributed by atoms with Gasteiger partial charge in [-0.2, -0.15) is 0 Å². The van der Waals surface area contributed by atoms with Crippen LogP contribution in [0.15, 0.2) is 0 Å². The van der Waals surface area contributed by atoms with Gasteiger partial charge < -0.3 is 24.5 Å². The van der Waals surface area contributed by atoms with Crippen molar-refractivity contribution in [1.29, 1.82) is 0 Å². The molecule has 0 fully saturated rings. The second-order valence-corrected chi connectivity index (χ2v) is 9.19. The molecule has 26 heavy (non-hydrogen) atoms. The number of likely N-dealkylation sites (N-methyl/N-ethyl adjacent to an activating group) is 2. The third-order valence-corrected chi connectivity index (χ3v) is 4.63. The third-order valence-electron chi connectivity index (χ3n) is 4.63. The van der Waals surface area contributed by atoms with Crippen molar-refractivity contribution in [2.24, 2.45) is 11.8 Å². The molecule has 0 aliphatic rings. The van der Waals surface area contributed by atoms with E-state index in [0.717, 1.165) is 17.4 Å². The maximum Gasteiger partial charge on any atom is 0.306 e. The van der Waals surface area contributed by atoms with Crippen LogP contribution in [-0.4, -0.2) is 98.6 Å². The second kappa shape index (κ2) is 10.8. The number of hydrogen-bond acceptors (Lipinski definition) is 3. The Hall–Kier alpha value is -1.18. The summed E-state index contributed by atoms with van der Waals surface area (Å²) in [7, 11) is 10.4. The van der Waals surface area contributed by atoms with Gasteiger partial charge in [0.15, 0.2) is 6.10 Å². The maximum absolute atomic E-state index is 12.2. The quantitative estimate of drug-likeness (QED) is 0.328. The molecule has 7 heteroatoms. The van der Waals surface area contributed by atoms with Crippen molar-refractivity contribution in [3.8, 4) is 0 Å². The van der Waals surface area contributed by atoms with E-state index in [9.17, 15) is 14.7 Å². The van der Waals surface area contributed by atoms with Gasteiger partial charge in [-0.3, -0.25) is 9.59 Å². The van der Waals surface area contributed by atoms with Gasteiger partial charge in [-0.05, 0) is 12.8 Å². The molecule has 154 valence electrons. The van der Waals surface area contributed by atoms with Crippen LogP contribution < -0.4 is 5.32 Å². The minimum atomic E-state index is -0.859. The highest BCUT2D eigenvalue weighted by Crippen LogP contribution is 2.16. The molecule has 0 aliphatic heterocycles. The number of nitrogens with one attached hydrogen (secondary N) is 1. The minimum Gasteiger partial charge on any atom is -0.481 e. The van der Waals surface area contributed by atoms with Crippen LogP contribution >= 0.6 is 0 Å². The molecule has 0 radical (unpaired) electrons. The number of aliphatic carboxylic acids is 1. The number of nitrogens with zero attached hydrogens (tertiary/aromatic N) is 2. The monoisotopic (exact) mass is 375 g/mol. The lowest BCUT2D eigenvalue weighted by atomic mass is 9.93. The van der Waals surface area contributed by atoms with Crippen molar-refractivity contribution in [2.45, 2.75) is 39.2 Å². The fraction of sp³-hybridized carbons (Fsp3) is 0.895. The molecule has 0 heterocycles. The Labute approximate surface area is 159 Å². The van der Waals surface area contributed by atoms with Crippen molar-refractivity contribution >= 4 is 11.9 Å². The van der Waals surface area contributed by atoms with Gasteiger partial charge in [-0.25, -0.2) is 0 Å². The van der Waals surface area contributed by atoms with E-state index < -0.39 is 11.9 Å². The lowest BCUT2D eigenvalue weighted by molar-refractivity contribution is -0.907. The van der Waals surface area contributed by atoms with Crippen LogP contribution in [0.25, 0.3) is 0 Å². The standard InChI is InChI=1S/C19H39N3O4/c1-8-16(12-15(2)19(25)26)18(24)20-10-9-11-22(6,7)14-17(23)13-21(3,4)5/h15-17,23H,8-14H2,1-7H3/p+2. The topological polar surface area (TPSA) is 86.6 Å². The zero-order valence-corrected chi connectivity index (χ0v) is 17.8. The zero-order valence-electron chi connectivity index (χ0n) is 17.8. The van der Waals surface area contributed by atoms with Crippen LogP contribution in [0.5, 0.6) is 0 Å². The van der Waals surface area contributed by atoms with Gasteiger partial charge in [0.25, 0.3) is 0 Å². The molecule has 0 saturated carbocycles. The second-order valence-electron chi connectivity index (χ2n) is 9.19. The fourth-order valence-electron chi connectivity index (χ4n) is 3.20. The Morgan fingerprint density at radius 1 is 1.08 bits per heavy atom. The molecular formula is C19H41N3O4+2. The number of carboxylic acid groups (broad SMARTS) is 1. The number of amides is 1. The highest BCUT2D eigenvalue weighted by Gasteiger charge is 2.25. The first kappa shape index (κ1) is 24.8. The van der Waals surface area contributed by atoms with Crippen LogP contribution in [-0.2, 0) is 9.59 Å². The first-order chi connectivity index (χ1) is 11.8. The number of carbonyl (C=O) groups is 2.